The van der Waals surface area contributed by atoms with E-state index in [0.29, 0.717) is 61.0 Å². The van der Waals surface area contributed by atoms with Gasteiger partial charge in [-0.3, -0.25) is 0 Å². The quantitative estimate of drug-likeness (QED) is 0.0149. The van der Waals surface area contributed by atoms with Crippen molar-refractivity contribution in [3.8, 4) is 0 Å². The van der Waals surface area contributed by atoms with Crippen LogP contribution in [0.15, 0.2) is 49.6 Å². The third-order valence-corrected chi connectivity index (χ3v) is 43.1. The number of carbonyl (C=O) groups excluding carboxylic acids is 2. The van der Waals surface area contributed by atoms with E-state index in [1.807, 2.05) is 31.8 Å². The predicted molar refractivity (Wildman–Crippen MR) is 298 cm³/mol. The zero-order valence-corrected chi connectivity index (χ0v) is 77.2. The van der Waals surface area contributed by atoms with Gasteiger partial charge in [0, 0.05) is 259 Å². The Morgan fingerprint density at radius 3 is 1.16 bits per heavy atom. The van der Waals surface area contributed by atoms with E-state index in [2.05, 4.69) is 72.9 Å². The van der Waals surface area contributed by atoms with E-state index in [-0.39, 0.29) is 242 Å². The number of rotatable bonds is 43. The molecule has 13 nitrogen and oxygen atoms in total. The Kier molecular flexibility index (Phi) is 66.6. The van der Waals surface area contributed by atoms with Gasteiger partial charge in [0.2, 0.25) is 0 Å². The number of esters is 2. The molecule has 0 aromatic rings. The van der Waals surface area contributed by atoms with Gasteiger partial charge in [-0.05, 0) is 122 Å². The maximum Gasteiger partial charge on any atom is 0.477 e. The van der Waals surface area contributed by atoms with Crippen LogP contribution in [-0.2, 0) is 277 Å². The maximum absolute atomic E-state index is 12.5. The molecule has 2 N–H and O–H groups in total. The van der Waals surface area contributed by atoms with E-state index in [9.17, 15) is 19.2 Å². The average molecular weight is 1720 g/mol. The molecule has 6 atom stereocenters. The Morgan fingerprint density at radius 1 is 0.440 bits per heavy atom. The molecule has 0 aliphatic rings. The van der Waals surface area contributed by atoms with E-state index >= 15 is 0 Å². The summed E-state index contributed by atoms with van der Waals surface area (Å²) in [6, 6.07) is 3.70. The zero-order chi connectivity index (χ0) is 52.4. The van der Waals surface area contributed by atoms with Crippen molar-refractivity contribution < 1.29 is 286 Å². The van der Waals surface area contributed by atoms with E-state index in [1.54, 1.807) is 26.9 Å². The smallest absolute Gasteiger partial charge is 0.462 e. The van der Waals surface area contributed by atoms with Gasteiger partial charge >= 0.3 is 63.8 Å². The van der Waals surface area contributed by atoms with E-state index in [0.717, 1.165) is 76.3 Å². The Hall–Kier alpha value is 7.00. The van der Waals surface area contributed by atoms with Crippen molar-refractivity contribution in [1.82, 2.24) is 0 Å². The average Bonchev–Trinajstić information content (AvgIpc) is 3.16. The van der Waals surface area contributed by atoms with Crippen molar-refractivity contribution in [2.75, 3.05) is 13.2 Å². The molecule has 0 aliphatic carbocycles. The van der Waals surface area contributed by atoms with Gasteiger partial charge < -0.3 is 54.8 Å². The number of carbonyl (C=O) groups is 2. The van der Waals surface area contributed by atoms with Crippen LogP contribution in [0.3, 0.4) is 0 Å². The fourth-order valence-electron chi connectivity index (χ4n) is 8.41. The SMILES string of the molecule is C=CC[Si](C)(C)O[Si](C)(CCCCOC(=O)C(=C)C)O[Si](C)(CC=C)O[Si](C)(CCCCCCCC)O[Si](C)(O)O[Si](C)(CCCCOC(=O)C(=C)C)O[Si](C)(O)O[Si](C)(C)CCCCCC[CH2-].[Y].[Y].[Y].[Y].[Y].[Y].[Y]. The second kappa shape index (κ2) is 50.8. The van der Waals surface area contributed by atoms with E-state index < -0.39 is 80.4 Å². The standard InChI is InChI=1S/C47H99O13Si8.7Y/c1-19-23-25-27-29-33-41-65(15,57-63(13,39-22-4)56-64(14,54-61(9,10)38-21-3)42-34-30-36-52-46(48)44(5)6)58-68(18,51)60-66(16,43-35-31-37-53-47(49)45(7)8)59-67(17,50)55-62(11,12)40-32-28-26-24-20-2;;;;;;;/h21-22,50-51H,2-5,7,19-20,23-43H2,1,6,8-18H3;;;;;;;/q-1;;;;;;;. The van der Waals surface area contributed by atoms with Crippen LogP contribution < -0.4 is 0 Å². The molecule has 0 amide bonds. The van der Waals surface area contributed by atoms with Crippen molar-refractivity contribution in [1.29, 1.82) is 0 Å². The molecule has 0 spiro atoms. The van der Waals surface area contributed by atoms with Crippen molar-refractivity contribution in [3.05, 3.63) is 56.5 Å². The maximum atomic E-state index is 12.5. The first kappa shape index (κ1) is 98.2. The van der Waals surface area contributed by atoms with Crippen LogP contribution in [-0.4, -0.2) is 103 Å². The third kappa shape index (κ3) is 50.6. The Morgan fingerprint density at radius 2 is 0.773 bits per heavy atom. The number of hydrogen-bond donors (Lipinski definition) is 2. The Bertz CT molecular complexity index is 1570. The molecule has 0 rings (SSSR count). The van der Waals surface area contributed by atoms with Crippen molar-refractivity contribution in [3.63, 3.8) is 0 Å². The van der Waals surface area contributed by atoms with Gasteiger partial charge in [-0.2, -0.15) is 6.42 Å². The summed E-state index contributed by atoms with van der Waals surface area (Å²) in [7, 11) is -25.6. The van der Waals surface area contributed by atoms with Crippen LogP contribution in [0.1, 0.15) is 117 Å². The summed E-state index contributed by atoms with van der Waals surface area (Å²) >= 11 is 0. The molecule has 75 heavy (non-hydrogen) atoms. The Balaban J connectivity index is -0.00000107. The van der Waals surface area contributed by atoms with Crippen LogP contribution >= 0.6 is 0 Å². The molecule has 0 saturated heterocycles. The Labute approximate surface area is 643 Å². The molecule has 0 aromatic heterocycles. The topological polar surface area (TPSA) is 158 Å². The van der Waals surface area contributed by atoms with Crippen molar-refractivity contribution >= 4 is 80.4 Å². The molecular weight excluding hydrogens is 1620 g/mol. The summed E-state index contributed by atoms with van der Waals surface area (Å²) in [5.74, 6) is -0.855. The minimum Gasteiger partial charge on any atom is -0.462 e. The van der Waals surface area contributed by atoms with Crippen molar-refractivity contribution in [2.45, 2.75) is 219 Å². The second-order valence-electron chi connectivity index (χ2n) is 20.8. The first-order chi connectivity index (χ1) is 31.3. The molecule has 6 unspecified atom stereocenters. The van der Waals surface area contributed by atoms with Crippen LogP contribution in [0.2, 0.25) is 102 Å². The first-order valence-corrected chi connectivity index (χ1v) is 46.2. The molecule has 419 valence electrons. The van der Waals surface area contributed by atoms with Crippen molar-refractivity contribution in [2.24, 2.45) is 0 Å². The normalized spacial score (nSPS) is 15.9. The van der Waals surface area contributed by atoms with Gasteiger partial charge in [0.1, 0.15) is 0 Å². The van der Waals surface area contributed by atoms with Gasteiger partial charge in [0.05, 0.1) is 13.2 Å². The molecule has 0 aliphatic heterocycles. The molecule has 0 bridgehead atoms. The summed E-state index contributed by atoms with van der Waals surface area (Å²) in [5.41, 5.74) is 0.691. The van der Waals surface area contributed by atoms with Crippen LogP contribution in [0.5, 0.6) is 0 Å². The zero-order valence-electron chi connectivity index (χ0n) is 49.4. The van der Waals surface area contributed by atoms with E-state index in [4.69, 9.17) is 38.3 Å². The predicted octanol–water partition coefficient (Wildman–Crippen LogP) is 13.2. The first-order valence-electron chi connectivity index (χ1n) is 25.4. The molecule has 0 heterocycles. The van der Waals surface area contributed by atoms with Gasteiger partial charge in [-0.15, -0.1) is 13.2 Å². The van der Waals surface area contributed by atoms with Gasteiger partial charge in [0.25, 0.3) is 0 Å². The summed E-state index contributed by atoms with van der Waals surface area (Å²) in [6.07, 6.45) is 17.7. The molecule has 7 radical (unpaired) electrons. The fraction of sp³-hybridized carbons (Fsp3) is 0.766. The molecule has 0 fully saturated rings. The number of allylic oxidation sites excluding steroid dienone is 2. The molecule has 28 heteroatoms. The number of hydrogen-bond acceptors (Lipinski definition) is 13. The van der Waals surface area contributed by atoms with Crippen LogP contribution in [0, 0.1) is 6.92 Å². The number of ether oxygens (including phenoxy) is 2. The molecular formula is C47H99O13Si8Y7-. The van der Waals surface area contributed by atoms with Gasteiger partial charge in [-0.25, -0.2) is 9.59 Å². The minimum atomic E-state index is -4.12. The number of unbranched alkanes of at least 4 members (excludes halogenated alkanes) is 11. The summed E-state index contributed by atoms with van der Waals surface area (Å²) in [4.78, 5) is 48.7. The van der Waals surface area contributed by atoms with Crippen LogP contribution in [0.25, 0.3) is 0 Å². The molecule has 0 saturated carbocycles. The second-order valence-corrected chi connectivity index (χ2v) is 49.1. The fourth-order valence-corrected chi connectivity index (χ4v) is 46.2. The summed E-state index contributed by atoms with van der Waals surface area (Å²) in [6.45, 7) is 45.2. The van der Waals surface area contributed by atoms with Gasteiger partial charge in [-0.1, -0.05) is 96.4 Å². The molecule has 0 aromatic carbocycles. The third-order valence-electron chi connectivity index (χ3n) is 11.2. The minimum absolute atomic E-state index is 0. The monoisotopic (exact) mass is 1720 g/mol. The largest absolute Gasteiger partial charge is 0.477 e. The summed E-state index contributed by atoms with van der Waals surface area (Å²) in [5, 5.41) is 0. The summed E-state index contributed by atoms with van der Waals surface area (Å²) < 4.78 is 59.7. The van der Waals surface area contributed by atoms with E-state index in [1.165, 1.54) is 6.42 Å². The van der Waals surface area contributed by atoms with Crippen LogP contribution in [0.4, 0.5) is 0 Å². The van der Waals surface area contributed by atoms with Gasteiger partial charge in [0.15, 0.2) is 16.6 Å².